The van der Waals surface area contributed by atoms with Gasteiger partial charge in [0, 0.05) is 16.3 Å². The first kappa shape index (κ1) is 10.3. The summed E-state index contributed by atoms with van der Waals surface area (Å²) in [5, 5.41) is 0. The van der Waals surface area contributed by atoms with Crippen LogP contribution in [0, 0.1) is 13.8 Å². The van der Waals surface area contributed by atoms with E-state index in [9.17, 15) is 0 Å². The number of benzene rings is 1. The Kier molecular flexibility index (Phi) is 3.09. The average Bonchev–Trinajstić information content (AvgIpc) is 2.09. The molecule has 0 atom stereocenters. The fraction of sp³-hybridized carbons (Fsp3) is 0.400. The average molecular weight is 196 g/mol. The summed E-state index contributed by atoms with van der Waals surface area (Å²) in [5.74, 6) is 1.05. The van der Waals surface area contributed by atoms with Gasteiger partial charge in [-0.15, -0.1) is 11.8 Å². The third kappa shape index (κ3) is 1.91. The summed E-state index contributed by atoms with van der Waals surface area (Å²) in [6.07, 6.45) is 0. The first-order chi connectivity index (χ1) is 6.07. The third-order valence-corrected chi connectivity index (χ3v) is 3.34. The molecule has 1 rings (SSSR count). The summed E-state index contributed by atoms with van der Waals surface area (Å²) in [4.78, 5) is 1.24. The smallest absolute Gasteiger partial charge is 0.0375 e. The molecular formula is C10H16N2S. The van der Waals surface area contributed by atoms with Gasteiger partial charge in [-0.05, 0) is 36.8 Å². The Morgan fingerprint density at radius 2 is 1.62 bits per heavy atom. The van der Waals surface area contributed by atoms with Crippen LogP contribution in [0.15, 0.2) is 11.0 Å². The first-order valence-corrected chi connectivity index (χ1v) is 5.34. The zero-order valence-electron chi connectivity index (χ0n) is 8.35. The van der Waals surface area contributed by atoms with Crippen molar-refractivity contribution < 1.29 is 0 Å². The second-order valence-corrected chi connectivity index (χ2v) is 4.34. The molecule has 0 aliphatic carbocycles. The number of nitrogens with two attached hydrogens (primary N) is 2. The Bertz CT molecular complexity index is 295. The van der Waals surface area contributed by atoms with E-state index in [1.54, 1.807) is 11.8 Å². The largest absolute Gasteiger partial charge is 0.398 e. The van der Waals surface area contributed by atoms with E-state index in [0.717, 1.165) is 28.3 Å². The first-order valence-electron chi connectivity index (χ1n) is 4.35. The molecule has 0 bridgehead atoms. The number of nitrogen functional groups attached to an aromatic ring is 2. The van der Waals surface area contributed by atoms with Crippen LogP contribution < -0.4 is 11.5 Å². The van der Waals surface area contributed by atoms with Crippen LogP contribution in [0.4, 0.5) is 11.4 Å². The Morgan fingerprint density at radius 3 is 2.00 bits per heavy atom. The monoisotopic (exact) mass is 196 g/mol. The Balaban J connectivity index is 3.28. The quantitative estimate of drug-likeness (QED) is 0.564. The molecule has 1 aromatic rings. The van der Waals surface area contributed by atoms with Crippen LogP contribution in [0.3, 0.4) is 0 Å². The van der Waals surface area contributed by atoms with Gasteiger partial charge in [-0.25, -0.2) is 0 Å². The van der Waals surface area contributed by atoms with E-state index in [0.29, 0.717) is 0 Å². The lowest BCUT2D eigenvalue weighted by atomic mass is 10.1. The van der Waals surface area contributed by atoms with E-state index in [-0.39, 0.29) is 0 Å². The molecule has 0 heterocycles. The Labute approximate surface area is 83.7 Å². The van der Waals surface area contributed by atoms with E-state index in [4.69, 9.17) is 11.5 Å². The molecule has 0 amide bonds. The molecular weight excluding hydrogens is 180 g/mol. The number of anilines is 2. The highest BCUT2D eigenvalue weighted by Gasteiger charge is 2.08. The fourth-order valence-electron chi connectivity index (χ4n) is 1.29. The Morgan fingerprint density at radius 1 is 1.15 bits per heavy atom. The van der Waals surface area contributed by atoms with Crippen LogP contribution in [0.5, 0.6) is 0 Å². The number of hydrogen-bond donors (Lipinski definition) is 2. The van der Waals surface area contributed by atoms with E-state index in [1.165, 1.54) is 4.90 Å². The van der Waals surface area contributed by atoms with Crippen molar-refractivity contribution in [2.24, 2.45) is 0 Å². The van der Waals surface area contributed by atoms with E-state index in [2.05, 4.69) is 6.92 Å². The maximum atomic E-state index is 5.83. The standard InChI is InChI=1S/C10H16N2S/c1-4-13-10-6(2)8(11)5-9(12)7(10)3/h5H,4,11-12H2,1-3H3. The lowest BCUT2D eigenvalue weighted by molar-refractivity contribution is 1.22. The van der Waals surface area contributed by atoms with Gasteiger partial charge in [0.2, 0.25) is 0 Å². The molecule has 0 aliphatic rings. The van der Waals surface area contributed by atoms with Crippen molar-refractivity contribution in [1.82, 2.24) is 0 Å². The molecule has 0 saturated heterocycles. The normalized spacial score (nSPS) is 10.4. The highest BCUT2D eigenvalue weighted by Crippen LogP contribution is 2.33. The van der Waals surface area contributed by atoms with Crippen molar-refractivity contribution in [3.8, 4) is 0 Å². The summed E-state index contributed by atoms with van der Waals surface area (Å²) in [5.41, 5.74) is 15.5. The zero-order valence-corrected chi connectivity index (χ0v) is 9.16. The van der Waals surface area contributed by atoms with Crippen LogP contribution >= 0.6 is 11.8 Å². The van der Waals surface area contributed by atoms with Crippen LogP contribution in [-0.4, -0.2) is 5.75 Å². The molecule has 0 aromatic heterocycles. The molecule has 0 saturated carbocycles. The van der Waals surface area contributed by atoms with Gasteiger partial charge in [-0.2, -0.15) is 0 Å². The minimum atomic E-state index is 0.791. The van der Waals surface area contributed by atoms with Gasteiger partial charge in [0.1, 0.15) is 0 Å². The third-order valence-electron chi connectivity index (χ3n) is 2.15. The molecule has 0 fully saturated rings. The highest BCUT2D eigenvalue weighted by atomic mass is 32.2. The van der Waals surface area contributed by atoms with Gasteiger partial charge in [0.05, 0.1) is 0 Å². The number of hydrogen-bond acceptors (Lipinski definition) is 3. The van der Waals surface area contributed by atoms with E-state index >= 15 is 0 Å². The fourth-order valence-corrected chi connectivity index (χ4v) is 2.25. The molecule has 1 aromatic carbocycles. The minimum Gasteiger partial charge on any atom is -0.398 e. The molecule has 13 heavy (non-hydrogen) atoms. The summed E-state index contributed by atoms with van der Waals surface area (Å²) in [7, 11) is 0. The second-order valence-electron chi connectivity index (χ2n) is 3.07. The summed E-state index contributed by atoms with van der Waals surface area (Å²) in [6, 6.07) is 1.84. The van der Waals surface area contributed by atoms with Gasteiger partial charge in [0.15, 0.2) is 0 Å². The van der Waals surface area contributed by atoms with Gasteiger partial charge in [-0.3, -0.25) is 0 Å². The van der Waals surface area contributed by atoms with Gasteiger partial charge in [0.25, 0.3) is 0 Å². The van der Waals surface area contributed by atoms with E-state index in [1.807, 2.05) is 19.9 Å². The predicted molar refractivity (Wildman–Crippen MR) is 61.1 cm³/mol. The van der Waals surface area contributed by atoms with Gasteiger partial charge in [-0.1, -0.05) is 6.92 Å². The summed E-state index contributed by atoms with van der Waals surface area (Å²) >= 11 is 1.80. The van der Waals surface area contributed by atoms with Crippen LogP contribution in [0.25, 0.3) is 0 Å². The predicted octanol–water partition coefficient (Wildman–Crippen LogP) is 2.58. The topological polar surface area (TPSA) is 52.0 Å². The van der Waals surface area contributed by atoms with Crippen molar-refractivity contribution in [1.29, 1.82) is 0 Å². The molecule has 0 spiro atoms. The van der Waals surface area contributed by atoms with E-state index < -0.39 is 0 Å². The van der Waals surface area contributed by atoms with Crippen molar-refractivity contribution in [3.05, 3.63) is 17.2 Å². The maximum Gasteiger partial charge on any atom is 0.0375 e. The Hall–Kier alpha value is -0.830. The lowest BCUT2D eigenvalue weighted by Gasteiger charge is -2.13. The van der Waals surface area contributed by atoms with Crippen LogP contribution in [0.1, 0.15) is 18.1 Å². The van der Waals surface area contributed by atoms with Crippen molar-refractivity contribution in [3.63, 3.8) is 0 Å². The highest BCUT2D eigenvalue weighted by molar-refractivity contribution is 7.99. The van der Waals surface area contributed by atoms with Crippen LogP contribution in [-0.2, 0) is 0 Å². The van der Waals surface area contributed by atoms with Crippen molar-refractivity contribution >= 4 is 23.1 Å². The lowest BCUT2D eigenvalue weighted by Crippen LogP contribution is -1.99. The minimum absolute atomic E-state index is 0.791. The molecule has 3 heteroatoms. The SMILES string of the molecule is CCSc1c(C)c(N)cc(N)c1C. The zero-order chi connectivity index (χ0) is 10.0. The molecule has 2 nitrogen and oxygen atoms in total. The molecule has 72 valence electrons. The van der Waals surface area contributed by atoms with Gasteiger partial charge < -0.3 is 11.5 Å². The van der Waals surface area contributed by atoms with Crippen molar-refractivity contribution in [2.75, 3.05) is 17.2 Å². The summed E-state index contributed by atoms with van der Waals surface area (Å²) in [6.45, 7) is 6.21. The number of thioether (sulfide) groups is 1. The van der Waals surface area contributed by atoms with Crippen molar-refractivity contribution in [2.45, 2.75) is 25.7 Å². The summed E-state index contributed by atoms with van der Waals surface area (Å²) < 4.78 is 0. The van der Waals surface area contributed by atoms with Crippen LogP contribution in [0.2, 0.25) is 0 Å². The molecule has 0 unspecified atom stereocenters. The van der Waals surface area contributed by atoms with Gasteiger partial charge >= 0.3 is 0 Å². The molecule has 0 radical (unpaired) electrons. The second kappa shape index (κ2) is 3.92. The molecule has 0 aliphatic heterocycles. The maximum absolute atomic E-state index is 5.83. The number of rotatable bonds is 2. The molecule has 4 N–H and O–H groups in total.